The average molecular weight is 239 g/mol. The zero-order valence-electron chi connectivity index (χ0n) is 11.0. The summed E-state index contributed by atoms with van der Waals surface area (Å²) in [5, 5.41) is 12.5. The van der Waals surface area contributed by atoms with Gasteiger partial charge in [0.05, 0.1) is 5.52 Å². The van der Waals surface area contributed by atoms with Gasteiger partial charge in [-0.05, 0) is 44.5 Å². The van der Waals surface area contributed by atoms with Crippen LogP contribution in [-0.4, -0.2) is 9.67 Å². The van der Waals surface area contributed by atoms with E-state index in [1.54, 1.807) is 0 Å². The van der Waals surface area contributed by atoms with Crippen LogP contribution >= 0.6 is 0 Å². The molecule has 0 saturated carbocycles. The molecule has 0 aliphatic heterocycles. The topological polar surface area (TPSA) is 25.2 Å². The van der Waals surface area contributed by atoms with E-state index in [9.17, 15) is 5.11 Å². The Balaban J connectivity index is 2.62. The van der Waals surface area contributed by atoms with Gasteiger partial charge in [-0.15, -0.1) is 0 Å². The Kier molecular flexibility index (Phi) is 2.34. The van der Waals surface area contributed by atoms with Crippen molar-refractivity contribution < 1.29 is 5.11 Å². The number of fused-ring (bicyclic) bond motifs is 3. The SMILES string of the molecule is CCn1c2ccc(C)cc2c2c(O)c(C)ccc21. The summed E-state index contributed by atoms with van der Waals surface area (Å²) in [6, 6.07) is 10.5. The van der Waals surface area contributed by atoms with E-state index in [-0.39, 0.29) is 0 Å². The molecule has 0 radical (unpaired) electrons. The lowest BCUT2D eigenvalue weighted by Gasteiger charge is -2.04. The van der Waals surface area contributed by atoms with E-state index in [0.717, 1.165) is 28.4 Å². The quantitative estimate of drug-likeness (QED) is 0.678. The van der Waals surface area contributed by atoms with Crippen molar-refractivity contribution in [1.82, 2.24) is 4.57 Å². The molecule has 1 N–H and O–H groups in total. The molecule has 3 aromatic rings. The first-order valence-electron chi connectivity index (χ1n) is 6.34. The van der Waals surface area contributed by atoms with Gasteiger partial charge in [-0.25, -0.2) is 0 Å². The molecular formula is C16H17NO. The van der Waals surface area contributed by atoms with Crippen molar-refractivity contribution in [3.63, 3.8) is 0 Å². The molecule has 3 rings (SSSR count). The van der Waals surface area contributed by atoms with Gasteiger partial charge in [0.1, 0.15) is 5.75 Å². The van der Waals surface area contributed by atoms with Crippen molar-refractivity contribution >= 4 is 21.8 Å². The fourth-order valence-electron chi connectivity index (χ4n) is 2.73. The molecule has 0 fully saturated rings. The van der Waals surface area contributed by atoms with Crippen LogP contribution in [0.5, 0.6) is 5.75 Å². The molecule has 0 spiro atoms. The lowest BCUT2D eigenvalue weighted by Crippen LogP contribution is -1.92. The minimum absolute atomic E-state index is 0.412. The first-order chi connectivity index (χ1) is 8.63. The molecule has 0 aliphatic rings. The second-order valence-electron chi connectivity index (χ2n) is 4.89. The highest BCUT2D eigenvalue weighted by Gasteiger charge is 2.14. The van der Waals surface area contributed by atoms with Gasteiger partial charge in [-0.2, -0.15) is 0 Å². The number of hydrogen-bond donors (Lipinski definition) is 1. The van der Waals surface area contributed by atoms with Gasteiger partial charge in [-0.1, -0.05) is 17.7 Å². The Bertz CT molecular complexity index is 753. The summed E-state index contributed by atoms with van der Waals surface area (Å²) in [5.74, 6) is 0.412. The van der Waals surface area contributed by atoms with Gasteiger partial charge in [0, 0.05) is 22.8 Å². The van der Waals surface area contributed by atoms with Crippen molar-refractivity contribution in [3.8, 4) is 5.75 Å². The lowest BCUT2D eigenvalue weighted by molar-refractivity contribution is 0.478. The molecule has 2 heteroatoms. The normalized spacial score (nSPS) is 11.5. The zero-order valence-corrected chi connectivity index (χ0v) is 11.0. The second kappa shape index (κ2) is 3.77. The number of aromatic hydroxyl groups is 1. The molecular weight excluding hydrogens is 222 g/mol. The van der Waals surface area contributed by atoms with Crippen LogP contribution in [0.2, 0.25) is 0 Å². The Hall–Kier alpha value is -1.96. The summed E-state index contributed by atoms with van der Waals surface area (Å²) >= 11 is 0. The standard InChI is InChI=1S/C16H17NO/c1-4-17-13-7-5-10(2)9-12(13)15-14(17)8-6-11(3)16(15)18/h5-9,18H,4H2,1-3H3. The first kappa shape index (κ1) is 11.1. The van der Waals surface area contributed by atoms with E-state index < -0.39 is 0 Å². The summed E-state index contributed by atoms with van der Waals surface area (Å²) < 4.78 is 2.25. The maximum absolute atomic E-state index is 10.3. The van der Waals surface area contributed by atoms with E-state index in [1.807, 2.05) is 13.0 Å². The summed E-state index contributed by atoms with van der Waals surface area (Å²) in [7, 11) is 0. The van der Waals surface area contributed by atoms with Crippen molar-refractivity contribution in [3.05, 3.63) is 41.5 Å². The fourth-order valence-corrected chi connectivity index (χ4v) is 2.73. The molecule has 1 aromatic heterocycles. The monoisotopic (exact) mass is 239 g/mol. The molecule has 92 valence electrons. The van der Waals surface area contributed by atoms with Crippen LogP contribution in [0.3, 0.4) is 0 Å². The highest BCUT2D eigenvalue weighted by Crippen LogP contribution is 2.37. The van der Waals surface area contributed by atoms with Crippen molar-refractivity contribution in [1.29, 1.82) is 0 Å². The minimum Gasteiger partial charge on any atom is -0.507 e. The zero-order chi connectivity index (χ0) is 12.9. The largest absolute Gasteiger partial charge is 0.507 e. The summed E-state index contributed by atoms with van der Waals surface area (Å²) in [6.07, 6.45) is 0. The van der Waals surface area contributed by atoms with E-state index in [2.05, 4.69) is 42.7 Å². The number of phenolic OH excluding ortho intramolecular Hbond substituents is 1. The summed E-state index contributed by atoms with van der Waals surface area (Å²) in [6.45, 7) is 7.07. The molecule has 0 bridgehead atoms. The molecule has 0 saturated heterocycles. The van der Waals surface area contributed by atoms with Crippen molar-refractivity contribution in [2.24, 2.45) is 0 Å². The van der Waals surface area contributed by atoms with Crippen LogP contribution in [0.1, 0.15) is 18.1 Å². The molecule has 0 aliphatic carbocycles. The van der Waals surface area contributed by atoms with Crippen molar-refractivity contribution in [2.45, 2.75) is 27.3 Å². The maximum Gasteiger partial charge on any atom is 0.128 e. The number of nitrogens with zero attached hydrogens (tertiary/aromatic N) is 1. The third-order valence-electron chi connectivity index (χ3n) is 3.68. The minimum atomic E-state index is 0.412. The summed E-state index contributed by atoms with van der Waals surface area (Å²) in [5.41, 5.74) is 4.46. The Morgan fingerprint density at radius 3 is 2.50 bits per heavy atom. The number of phenols is 1. The van der Waals surface area contributed by atoms with Gasteiger partial charge in [0.25, 0.3) is 0 Å². The Morgan fingerprint density at radius 1 is 1.06 bits per heavy atom. The van der Waals surface area contributed by atoms with E-state index in [4.69, 9.17) is 0 Å². The van der Waals surface area contributed by atoms with Gasteiger partial charge in [-0.3, -0.25) is 0 Å². The number of aryl methyl sites for hydroxylation is 3. The van der Waals surface area contributed by atoms with Crippen LogP contribution < -0.4 is 0 Å². The average Bonchev–Trinajstić information content (AvgIpc) is 2.67. The third kappa shape index (κ3) is 1.35. The van der Waals surface area contributed by atoms with Crippen LogP contribution in [0.15, 0.2) is 30.3 Å². The maximum atomic E-state index is 10.3. The van der Waals surface area contributed by atoms with E-state index >= 15 is 0 Å². The van der Waals surface area contributed by atoms with Crippen molar-refractivity contribution in [2.75, 3.05) is 0 Å². The van der Waals surface area contributed by atoms with E-state index in [0.29, 0.717) is 5.75 Å². The molecule has 0 unspecified atom stereocenters. The van der Waals surface area contributed by atoms with Crippen LogP contribution in [0.25, 0.3) is 21.8 Å². The number of rotatable bonds is 1. The summed E-state index contributed by atoms with van der Waals surface area (Å²) in [4.78, 5) is 0. The molecule has 0 atom stereocenters. The first-order valence-corrected chi connectivity index (χ1v) is 6.34. The molecule has 0 amide bonds. The number of aromatic nitrogens is 1. The smallest absolute Gasteiger partial charge is 0.128 e. The third-order valence-corrected chi connectivity index (χ3v) is 3.68. The van der Waals surface area contributed by atoms with Gasteiger partial charge in [0.15, 0.2) is 0 Å². The molecule has 1 heterocycles. The highest BCUT2D eigenvalue weighted by atomic mass is 16.3. The fraction of sp³-hybridized carbons (Fsp3) is 0.250. The van der Waals surface area contributed by atoms with Crippen LogP contribution in [-0.2, 0) is 6.54 Å². The number of benzene rings is 2. The molecule has 18 heavy (non-hydrogen) atoms. The highest BCUT2D eigenvalue weighted by molar-refractivity contribution is 6.11. The molecule has 2 aromatic carbocycles. The predicted molar refractivity (Wildman–Crippen MR) is 76.3 cm³/mol. The number of hydrogen-bond acceptors (Lipinski definition) is 1. The second-order valence-corrected chi connectivity index (χ2v) is 4.89. The van der Waals surface area contributed by atoms with Gasteiger partial charge >= 0.3 is 0 Å². The van der Waals surface area contributed by atoms with Crippen LogP contribution in [0, 0.1) is 13.8 Å². The Morgan fingerprint density at radius 2 is 1.78 bits per heavy atom. The molecule has 2 nitrogen and oxygen atoms in total. The van der Waals surface area contributed by atoms with Crippen LogP contribution in [0.4, 0.5) is 0 Å². The lowest BCUT2D eigenvalue weighted by atomic mass is 10.1. The van der Waals surface area contributed by atoms with E-state index in [1.165, 1.54) is 11.1 Å². The predicted octanol–water partition coefficient (Wildman–Crippen LogP) is 4.14. The van der Waals surface area contributed by atoms with Gasteiger partial charge in [0.2, 0.25) is 0 Å². The van der Waals surface area contributed by atoms with Gasteiger partial charge < -0.3 is 9.67 Å². The Labute approximate surface area is 106 Å².